The van der Waals surface area contributed by atoms with Gasteiger partial charge in [0.05, 0.1) is 19.3 Å². The number of methoxy groups -OCH3 is 1. The van der Waals surface area contributed by atoms with Gasteiger partial charge in [-0.15, -0.1) is 0 Å². The molecule has 154 valence electrons. The second-order valence-corrected chi connectivity index (χ2v) is 7.31. The van der Waals surface area contributed by atoms with Crippen molar-refractivity contribution in [3.05, 3.63) is 54.1 Å². The summed E-state index contributed by atoms with van der Waals surface area (Å²) in [4.78, 5) is 27.2. The molecule has 1 saturated heterocycles. The first-order valence-corrected chi connectivity index (χ1v) is 10.2. The van der Waals surface area contributed by atoms with E-state index >= 15 is 0 Å². The molecule has 3 rings (SSSR count). The van der Waals surface area contributed by atoms with Crippen LogP contribution in [-0.4, -0.2) is 43.0 Å². The fourth-order valence-electron chi connectivity index (χ4n) is 3.76. The van der Waals surface area contributed by atoms with Gasteiger partial charge in [-0.25, -0.2) is 0 Å². The van der Waals surface area contributed by atoms with Gasteiger partial charge in [-0.1, -0.05) is 25.5 Å². The zero-order valence-corrected chi connectivity index (χ0v) is 17.1. The van der Waals surface area contributed by atoms with Crippen molar-refractivity contribution in [1.82, 2.24) is 4.90 Å². The molecule has 1 atom stereocenters. The lowest BCUT2D eigenvalue weighted by atomic mass is 10.00. The maximum absolute atomic E-state index is 12.5. The lowest BCUT2D eigenvalue weighted by Gasteiger charge is -2.34. The number of hydrogen-bond donors (Lipinski definition) is 2. The van der Waals surface area contributed by atoms with Crippen LogP contribution in [0.1, 0.15) is 43.0 Å². The van der Waals surface area contributed by atoms with Crippen molar-refractivity contribution in [2.24, 2.45) is 0 Å². The number of piperidine rings is 1. The maximum Gasteiger partial charge on any atom is 0.255 e. The Labute approximate surface area is 172 Å². The third kappa shape index (κ3) is 5.57. The Morgan fingerprint density at radius 2 is 1.83 bits per heavy atom. The number of hydrogen-bond acceptors (Lipinski definition) is 4. The number of carbonyl (C=O) groups excluding carboxylic acids is 2. The molecular weight excluding hydrogens is 366 g/mol. The quantitative estimate of drug-likeness (QED) is 0.739. The number of carbonyl (C=O) groups is 2. The Kier molecular flexibility index (Phi) is 7.25. The zero-order chi connectivity index (χ0) is 20.6. The molecule has 6 heteroatoms. The number of likely N-dealkylation sites (tertiary alicyclic amines) is 1. The van der Waals surface area contributed by atoms with Gasteiger partial charge in [-0.3, -0.25) is 14.5 Å². The number of ether oxygens (including phenoxy) is 1. The van der Waals surface area contributed by atoms with E-state index in [1.165, 1.54) is 12.8 Å². The van der Waals surface area contributed by atoms with Crippen molar-refractivity contribution in [2.75, 3.05) is 30.8 Å². The Morgan fingerprint density at radius 3 is 2.55 bits per heavy atom. The highest BCUT2D eigenvalue weighted by molar-refractivity contribution is 6.05. The van der Waals surface area contributed by atoms with Crippen LogP contribution in [0.3, 0.4) is 0 Å². The first kappa shape index (κ1) is 20.9. The highest BCUT2D eigenvalue weighted by atomic mass is 16.5. The molecule has 0 aliphatic carbocycles. The van der Waals surface area contributed by atoms with Crippen LogP contribution >= 0.6 is 0 Å². The van der Waals surface area contributed by atoms with Crippen LogP contribution in [0.5, 0.6) is 5.75 Å². The number of rotatable bonds is 7. The van der Waals surface area contributed by atoms with Crippen LogP contribution in [0.4, 0.5) is 11.4 Å². The van der Waals surface area contributed by atoms with Crippen molar-refractivity contribution in [1.29, 1.82) is 0 Å². The summed E-state index contributed by atoms with van der Waals surface area (Å²) >= 11 is 0. The number of benzene rings is 2. The summed E-state index contributed by atoms with van der Waals surface area (Å²) in [6.07, 6.45) is 4.64. The lowest BCUT2D eigenvalue weighted by molar-refractivity contribution is -0.118. The summed E-state index contributed by atoms with van der Waals surface area (Å²) in [6, 6.07) is 14.7. The molecule has 0 aromatic heterocycles. The second kappa shape index (κ2) is 10.1. The van der Waals surface area contributed by atoms with E-state index in [-0.39, 0.29) is 11.8 Å². The number of para-hydroxylation sites is 2. The molecule has 1 aliphatic heterocycles. The van der Waals surface area contributed by atoms with Gasteiger partial charge >= 0.3 is 0 Å². The standard InChI is InChI=1S/C23H29N3O3/c1-3-19-8-6-7-15-26(19)16-22(27)24-18-13-11-17(12-14-18)23(28)25-20-9-4-5-10-21(20)29-2/h4-5,9-14,19H,3,6-8,15-16H2,1-2H3,(H,24,27)(H,25,28). The van der Waals surface area contributed by atoms with E-state index in [2.05, 4.69) is 22.5 Å². The van der Waals surface area contributed by atoms with E-state index < -0.39 is 0 Å². The first-order valence-electron chi connectivity index (χ1n) is 10.2. The summed E-state index contributed by atoms with van der Waals surface area (Å²) in [7, 11) is 1.56. The monoisotopic (exact) mass is 395 g/mol. The molecule has 6 nitrogen and oxygen atoms in total. The number of amides is 2. The topological polar surface area (TPSA) is 70.7 Å². The van der Waals surface area contributed by atoms with Crippen LogP contribution in [0.25, 0.3) is 0 Å². The van der Waals surface area contributed by atoms with E-state index in [0.29, 0.717) is 35.3 Å². The van der Waals surface area contributed by atoms with Crippen LogP contribution in [0.2, 0.25) is 0 Å². The van der Waals surface area contributed by atoms with Gasteiger partial charge in [0.25, 0.3) is 5.91 Å². The van der Waals surface area contributed by atoms with Gasteiger partial charge in [0.15, 0.2) is 0 Å². The minimum atomic E-state index is -0.230. The minimum absolute atomic E-state index is 0.0171. The Bertz CT molecular complexity index is 836. The fraction of sp³-hybridized carbons (Fsp3) is 0.391. The van der Waals surface area contributed by atoms with Gasteiger partial charge in [-0.2, -0.15) is 0 Å². The summed E-state index contributed by atoms with van der Waals surface area (Å²) < 4.78 is 5.26. The molecule has 2 aromatic rings. The van der Waals surface area contributed by atoms with E-state index in [9.17, 15) is 9.59 Å². The second-order valence-electron chi connectivity index (χ2n) is 7.31. The highest BCUT2D eigenvalue weighted by Crippen LogP contribution is 2.24. The number of nitrogens with one attached hydrogen (secondary N) is 2. The van der Waals surface area contributed by atoms with E-state index in [4.69, 9.17) is 4.74 Å². The SMILES string of the molecule is CCC1CCCCN1CC(=O)Nc1ccc(C(=O)Nc2ccccc2OC)cc1. The van der Waals surface area contributed by atoms with Gasteiger partial charge in [0.1, 0.15) is 5.75 Å². The number of nitrogens with zero attached hydrogens (tertiary/aromatic N) is 1. The Balaban J connectivity index is 1.56. The van der Waals surface area contributed by atoms with Crippen molar-refractivity contribution >= 4 is 23.2 Å². The molecule has 1 unspecified atom stereocenters. The smallest absolute Gasteiger partial charge is 0.255 e. The molecule has 1 fully saturated rings. The van der Waals surface area contributed by atoms with E-state index in [1.807, 2.05) is 12.1 Å². The predicted octanol–water partition coefficient (Wildman–Crippen LogP) is 4.15. The number of anilines is 2. The predicted molar refractivity (Wildman–Crippen MR) is 116 cm³/mol. The van der Waals surface area contributed by atoms with Crippen molar-refractivity contribution < 1.29 is 14.3 Å². The average Bonchev–Trinajstić information content (AvgIpc) is 2.75. The van der Waals surface area contributed by atoms with Gasteiger partial charge in [0.2, 0.25) is 5.91 Å². The molecule has 1 heterocycles. The average molecular weight is 396 g/mol. The largest absolute Gasteiger partial charge is 0.495 e. The van der Waals surface area contributed by atoms with Crippen LogP contribution < -0.4 is 15.4 Å². The maximum atomic E-state index is 12.5. The molecule has 2 amide bonds. The summed E-state index contributed by atoms with van der Waals surface area (Å²) in [5, 5.41) is 5.78. The van der Waals surface area contributed by atoms with Crippen LogP contribution in [0, 0.1) is 0 Å². The van der Waals surface area contributed by atoms with Gasteiger partial charge < -0.3 is 15.4 Å². The first-order chi connectivity index (χ1) is 14.1. The van der Waals surface area contributed by atoms with Gasteiger partial charge in [-0.05, 0) is 62.2 Å². The van der Waals surface area contributed by atoms with Crippen molar-refractivity contribution in [2.45, 2.75) is 38.6 Å². The van der Waals surface area contributed by atoms with Gasteiger partial charge in [0, 0.05) is 17.3 Å². The molecule has 2 N–H and O–H groups in total. The summed E-state index contributed by atoms with van der Waals surface area (Å²) in [5.41, 5.74) is 1.81. The Morgan fingerprint density at radius 1 is 1.07 bits per heavy atom. The molecule has 29 heavy (non-hydrogen) atoms. The van der Waals surface area contributed by atoms with E-state index in [0.717, 1.165) is 19.4 Å². The third-order valence-corrected chi connectivity index (χ3v) is 5.35. The molecule has 1 aliphatic rings. The minimum Gasteiger partial charge on any atom is -0.495 e. The normalized spacial score (nSPS) is 16.8. The molecule has 0 bridgehead atoms. The zero-order valence-electron chi connectivity index (χ0n) is 17.1. The van der Waals surface area contributed by atoms with Crippen LogP contribution in [-0.2, 0) is 4.79 Å². The third-order valence-electron chi connectivity index (χ3n) is 5.35. The van der Waals surface area contributed by atoms with Crippen molar-refractivity contribution in [3.8, 4) is 5.75 Å². The van der Waals surface area contributed by atoms with Crippen molar-refractivity contribution in [3.63, 3.8) is 0 Å². The summed E-state index contributed by atoms with van der Waals surface area (Å²) in [6.45, 7) is 3.57. The summed E-state index contributed by atoms with van der Waals surface area (Å²) in [5.74, 6) is 0.357. The molecule has 0 spiro atoms. The Hall–Kier alpha value is -2.86. The molecule has 0 saturated carbocycles. The fourth-order valence-corrected chi connectivity index (χ4v) is 3.76. The molecule has 0 radical (unpaired) electrons. The van der Waals surface area contributed by atoms with Crippen LogP contribution in [0.15, 0.2) is 48.5 Å². The van der Waals surface area contributed by atoms with E-state index in [1.54, 1.807) is 43.5 Å². The molecule has 2 aromatic carbocycles. The molecular formula is C23H29N3O3. The highest BCUT2D eigenvalue weighted by Gasteiger charge is 2.22. The lowest BCUT2D eigenvalue weighted by Crippen LogP contribution is -2.43.